The maximum atomic E-state index is 9.51. The lowest BCUT2D eigenvalue weighted by molar-refractivity contribution is 0.189. The van der Waals surface area contributed by atoms with Gasteiger partial charge < -0.3 is 14.2 Å². The van der Waals surface area contributed by atoms with Crippen LogP contribution in [0.1, 0.15) is 30.2 Å². The van der Waals surface area contributed by atoms with Crippen LogP contribution in [-0.4, -0.2) is 14.8 Å². The zero-order valence-corrected chi connectivity index (χ0v) is 8.84. The molecule has 0 fully saturated rings. The van der Waals surface area contributed by atoms with Crippen LogP contribution < -0.4 is 0 Å². The third-order valence-electron chi connectivity index (χ3n) is 2.30. The first-order valence-electron chi connectivity index (χ1n) is 4.92. The van der Waals surface area contributed by atoms with Gasteiger partial charge in [-0.2, -0.15) is 0 Å². The van der Waals surface area contributed by atoms with Gasteiger partial charge >= 0.3 is 0 Å². The molecule has 1 N–H and O–H groups in total. The van der Waals surface area contributed by atoms with E-state index in [-0.39, 0.29) is 0 Å². The lowest BCUT2D eigenvalue weighted by atomic mass is 10.3. The SMILES string of the molecule is Cc1cc(Cn2cccc2C(C)O)no1. The Labute approximate surface area is 88.1 Å². The summed E-state index contributed by atoms with van der Waals surface area (Å²) in [5.41, 5.74) is 1.75. The average molecular weight is 206 g/mol. The number of hydrogen-bond acceptors (Lipinski definition) is 3. The summed E-state index contributed by atoms with van der Waals surface area (Å²) in [5, 5.41) is 13.4. The van der Waals surface area contributed by atoms with Crippen LogP contribution in [0.4, 0.5) is 0 Å². The maximum Gasteiger partial charge on any atom is 0.133 e. The number of aliphatic hydroxyl groups excluding tert-OH is 1. The quantitative estimate of drug-likeness (QED) is 0.834. The molecule has 4 heteroatoms. The van der Waals surface area contributed by atoms with Crippen molar-refractivity contribution in [2.24, 2.45) is 0 Å². The van der Waals surface area contributed by atoms with E-state index in [1.165, 1.54) is 0 Å². The highest BCUT2D eigenvalue weighted by Crippen LogP contribution is 2.14. The second kappa shape index (κ2) is 3.90. The molecule has 0 radical (unpaired) electrons. The molecular formula is C11H14N2O2. The molecule has 80 valence electrons. The van der Waals surface area contributed by atoms with E-state index in [0.717, 1.165) is 17.1 Å². The fourth-order valence-corrected chi connectivity index (χ4v) is 1.62. The van der Waals surface area contributed by atoms with E-state index in [9.17, 15) is 5.11 Å². The molecule has 2 rings (SSSR count). The average Bonchev–Trinajstić information content (AvgIpc) is 2.75. The van der Waals surface area contributed by atoms with Crippen LogP contribution in [0.2, 0.25) is 0 Å². The zero-order valence-electron chi connectivity index (χ0n) is 8.84. The van der Waals surface area contributed by atoms with Crippen molar-refractivity contribution in [3.8, 4) is 0 Å². The van der Waals surface area contributed by atoms with Gasteiger partial charge in [0.05, 0.1) is 12.6 Å². The molecule has 0 bridgehead atoms. The molecule has 0 spiro atoms. The van der Waals surface area contributed by atoms with Gasteiger partial charge in [0.15, 0.2) is 0 Å². The van der Waals surface area contributed by atoms with Crippen LogP contribution >= 0.6 is 0 Å². The standard InChI is InChI=1S/C11H14N2O2/c1-8-6-10(12-15-8)7-13-5-3-4-11(13)9(2)14/h3-6,9,14H,7H2,1-2H3. The van der Waals surface area contributed by atoms with Gasteiger partial charge in [0.1, 0.15) is 11.5 Å². The molecule has 0 aliphatic heterocycles. The van der Waals surface area contributed by atoms with E-state index < -0.39 is 6.10 Å². The third-order valence-corrected chi connectivity index (χ3v) is 2.30. The van der Waals surface area contributed by atoms with Crippen molar-refractivity contribution in [3.05, 3.63) is 41.5 Å². The first kappa shape index (κ1) is 9.98. The van der Waals surface area contributed by atoms with E-state index >= 15 is 0 Å². The summed E-state index contributed by atoms with van der Waals surface area (Å²) in [6, 6.07) is 5.71. The Morgan fingerprint density at radius 2 is 2.40 bits per heavy atom. The van der Waals surface area contributed by atoms with Crippen molar-refractivity contribution >= 4 is 0 Å². The summed E-state index contributed by atoms with van der Waals surface area (Å²) < 4.78 is 6.95. The molecule has 2 heterocycles. The normalized spacial score (nSPS) is 13.0. The predicted molar refractivity (Wildman–Crippen MR) is 55.4 cm³/mol. The molecule has 2 aromatic heterocycles. The van der Waals surface area contributed by atoms with Crippen LogP contribution in [0.15, 0.2) is 28.9 Å². The van der Waals surface area contributed by atoms with Crippen LogP contribution in [0, 0.1) is 6.92 Å². The highest BCUT2D eigenvalue weighted by Gasteiger charge is 2.08. The van der Waals surface area contributed by atoms with Crippen LogP contribution in [0.3, 0.4) is 0 Å². The maximum absolute atomic E-state index is 9.51. The Hall–Kier alpha value is -1.55. The van der Waals surface area contributed by atoms with Crippen molar-refractivity contribution in [3.63, 3.8) is 0 Å². The van der Waals surface area contributed by atoms with Gasteiger partial charge in [0.25, 0.3) is 0 Å². The fourth-order valence-electron chi connectivity index (χ4n) is 1.62. The van der Waals surface area contributed by atoms with Crippen molar-refractivity contribution < 1.29 is 9.63 Å². The Bertz CT molecular complexity index is 443. The molecule has 0 aromatic carbocycles. The molecule has 0 aliphatic carbocycles. The summed E-state index contributed by atoms with van der Waals surface area (Å²) in [6.45, 7) is 4.24. The predicted octanol–water partition coefficient (Wildman–Crippen LogP) is 1.89. The smallest absolute Gasteiger partial charge is 0.133 e. The lowest BCUT2D eigenvalue weighted by Gasteiger charge is -2.09. The summed E-state index contributed by atoms with van der Waals surface area (Å²) in [6.07, 6.45) is 1.46. The summed E-state index contributed by atoms with van der Waals surface area (Å²) in [7, 11) is 0. The van der Waals surface area contributed by atoms with Crippen molar-refractivity contribution in [1.29, 1.82) is 0 Å². The number of aliphatic hydroxyl groups is 1. The molecular weight excluding hydrogens is 192 g/mol. The highest BCUT2D eigenvalue weighted by molar-refractivity contribution is 5.13. The lowest BCUT2D eigenvalue weighted by Crippen LogP contribution is -2.05. The minimum Gasteiger partial charge on any atom is -0.387 e. The Balaban J connectivity index is 2.20. The Kier molecular flexibility index (Phi) is 2.60. The zero-order chi connectivity index (χ0) is 10.8. The van der Waals surface area contributed by atoms with E-state index in [1.807, 2.05) is 35.9 Å². The van der Waals surface area contributed by atoms with Crippen LogP contribution in [-0.2, 0) is 6.54 Å². The van der Waals surface area contributed by atoms with E-state index in [1.54, 1.807) is 6.92 Å². The van der Waals surface area contributed by atoms with Gasteiger partial charge in [-0.3, -0.25) is 0 Å². The molecule has 1 unspecified atom stereocenters. The number of hydrogen-bond donors (Lipinski definition) is 1. The molecule has 1 atom stereocenters. The van der Waals surface area contributed by atoms with E-state index in [0.29, 0.717) is 6.54 Å². The first-order chi connectivity index (χ1) is 7.16. The minimum absolute atomic E-state index is 0.465. The Morgan fingerprint density at radius 3 is 3.00 bits per heavy atom. The number of rotatable bonds is 3. The third kappa shape index (κ3) is 2.10. The topological polar surface area (TPSA) is 51.2 Å². The van der Waals surface area contributed by atoms with Gasteiger partial charge in [-0.1, -0.05) is 5.16 Å². The van der Waals surface area contributed by atoms with E-state index in [2.05, 4.69) is 5.16 Å². The Morgan fingerprint density at radius 1 is 1.60 bits per heavy atom. The van der Waals surface area contributed by atoms with Gasteiger partial charge in [-0.05, 0) is 26.0 Å². The summed E-state index contributed by atoms with van der Waals surface area (Å²) in [5.74, 6) is 0.802. The highest BCUT2D eigenvalue weighted by atomic mass is 16.5. The van der Waals surface area contributed by atoms with Gasteiger partial charge in [0, 0.05) is 18.0 Å². The number of aryl methyl sites for hydroxylation is 1. The molecule has 0 amide bonds. The van der Waals surface area contributed by atoms with Crippen molar-refractivity contribution in [1.82, 2.24) is 9.72 Å². The number of aromatic nitrogens is 2. The van der Waals surface area contributed by atoms with Gasteiger partial charge in [0.2, 0.25) is 0 Å². The first-order valence-corrected chi connectivity index (χ1v) is 4.92. The fraction of sp³-hybridized carbons (Fsp3) is 0.364. The van der Waals surface area contributed by atoms with Crippen molar-refractivity contribution in [2.45, 2.75) is 26.5 Å². The molecule has 0 saturated carbocycles. The van der Waals surface area contributed by atoms with Crippen molar-refractivity contribution in [2.75, 3.05) is 0 Å². The number of nitrogens with zero attached hydrogens (tertiary/aromatic N) is 2. The largest absolute Gasteiger partial charge is 0.387 e. The van der Waals surface area contributed by atoms with Crippen LogP contribution in [0.5, 0.6) is 0 Å². The van der Waals surface area contributed by atoms with Gasteiger partial charge in [-0.15, -0.1) is 0 Å². The van der Waals surface area contributed by atoms with E-state index in [4.69, 9.17) is 4.52 Å². The molecule has 15 heavy (non-hydrogen) atoms. The molecule has 0 saturated heterocycles. The minimum atomic E-state index is -0.465. The van der Waals surface area contributed by atoms with Gasteiger partial charge in [-0.25, -0.2) is 0 Å². The second-order valence-corrected chi connectivity index (χ2v) is 3.67. The van der Waals surface area contributed by atoms with Crippen LogP contribution in [0.25, 0.3) is 0 Å². The molecule has 2 aromatic rings. The second-order valence-electron chi connectivity index (χ2n) is 3.67. The summed E-state index contributed by atoms with van der Waals surface area (Å²) in [4.78, 5) is 0. The monoisotopic (exact) mass is 206 g/mol. The summed E-state index contributed by atoms with van der Waals surface area (Å²) >= 11 is 0. The molecule has 4 nitrogen and oxygen atoms in total. The molecule has 0 aliphatic rings.